The Morgan fingerprint density at radius 3 is 2.63 bits per heavy atom. The van der Waals surface area contributed by atoms with Gasteiger partial charge in [0.1, 0.15) is 18.5 Å². The number of nitrogens with zero attached hydrogens (tertiary/aromatic N) is 3. The van der Waals surface area contributed by atoms with Crippen LogP contribution in [0.5, 0.6) is 5.75 Å². The lowest BCUT2D eigenvalue weighted by atomic mass is 10.2. The molecule has 1 aliphatic carbocycles. The molecule has 1 N–H and O–H groups in total. The van der Waals surface area contributed by atoms with E-state index < -0.39 is 6.10 Å². The highest BCUT2D eigenvalue weighted by atomic mass is 16.5. The lowest BCUT2D eigenvalue weighted by Gasteiger charge is -2.28. The predicted octanol–water partition coefficient (Wildman–Crippen LogP) is 2.21. The van der Waals surface area contributed by atoms with Gasteiger partial charge in [0.25, 0.3) is 0 Å². The van der Waals surface area contributed by atoms with E-state index in [-0.39, 0.29) is 0 Å². The molecule has 168 valence electrons. The van der Waals surface area contributed by atoms with Crippen LogP contribution in [0, 0.1) is 0 Å². The fourth-order valence-electron chi connectivity index (χ4n) is 5.10. The highest BCUT2D eigenvalue weighted by Gasteiger charge is 2.24. The summed E-state index contributed by atoms with van der Waals surface area (Å²) in [5.74, 6) is 0.857. The highest BCUT2D eigenvalue weighted by molar-refractivity contribution is 5.28. The van der Waals surface area contributed by atoms with E-state index in [1.165, 1.54) is 57.3 Å². The maximum Gasteiger partial charge on any atom is 0.119 e. The summed E-state index contributed by atoms with van der Waals surface area (Å²) < 4.78 is 11.3. The van der Waals surface area contributed by atoms with Gasteiger partial charge in [0.2, 0.25) is 0 Å². The molecule has 0 amide bonds. The smallest absolute Gasteiger partial charge is 0.119 e. The van der Waals surface area contributed by atoms with Crippen molar-refractivity contribution in [1.82, 2.24) is 14.7 Å². The van der Waals surface area contributed by atoms with Crippen LogP contribution >= 0.6 is 0 Å². The number of benzene rings is 1. The third-order valence-electron chi connectivity index (χ3n) is 6.78. The molecule has 1 unspecified atom stereocenters. The maximum atomic E-state index is 10.3. The third-order valence-corrected chi connectivity index (χ3v) is 6.78. The van der Waals surface area contributed by atoms with Crippen LogP contribution in [0.3, 0.4) is 0 Å². The zero-order chi connectivity index (χ0) is 20.6. The molecule has 2 saturated heterocycles. The average Bonchev–Trinajstić information content (AvgIpc) is 3.21. The number of rotatable bonds is 8. The number of ether oxygens (including phenoxy) is 2. The number of β-amino-alcohol motifs (C(OH)–C–C–N with tert-alkyl or cyclic N) is 1. The molecule has 0 spiro atoms. The van der Waals surface area contributed by atoms with E-state index in [0.717, 1.165) is 51.2 Å². The van der Waals surface area contributed by atoms with Gasteiger partial charge in [-0.05, 0) is 50.0 Å². The first-order valence-electron chi connectivity index (χ1n) is 11.9. The topological polar surface area (TPSA) is 48.4 Å². The maximum absolute atomic E-state index is 10.3. The molecule has 30 heavy (non-hydrogen) atoms. The van der Waals surface area contributed by atoms with Crippen molar-refractivity contribution in [3.63, 3.8) is 0 Å². The van der Waals surface area contributed by atoms with Gasteiger partial charge in [0.05, 0.1) is 13.2 Å². The molecule has 2 aliphatic heterocycles. The second kappa shape index (κ2) is 11.4. The summed E-state index contributed by atoms with van der Waals surface area (Å²) in [4.78, 5) is 7.56. The molecule has 1 atom stereocenters. The summed E-state index contributed by atoms with van der Waals surface area (Å²) in [6.07, 6.45) is 6.42. The minimum Gasteiger partial charge on any atom is -0.491 e. The van der Waals surface area contributed by atoms with E-state index in [1.807, 2.05) is 6.07 Å². The molecular formula is C24H39N3O3. The molecule has 4 rings (SSSR count). The number of morpholine rings is 1. The molecular weight excluding hydrogens is 378 g/mol. The van der Waals surface area contributed by atoms with Crippen LogP contribution in [0.1, 0.15) is 37.7 Å². The molecule has 1 saturated carbocycles. The Labute approximate surface area is 181 Å². The van der Waals surface area contributed by atoms with Crippen molar-refractivity contribution in [2.45, 2.75) is 50.8 Å². The SMILES string of the molecule is OC(COc1cccc(CN2CCCN(C3CCCC3)CC2)c1)CN1CCOCC1. The molecule has 3 aliphatic rings. The molecule has 0 bridgehead atoms. The van der Waals surface area contributed by atoms with Crippen molar-refractivity contribution in [1.29, 1.82) is 0 Å². The van der Waals surface area contributed by atoms with Crippen LogP contribution in [0.15, 0.2) is 24.3 Å². The van der Waals surface area contributed by atoms with Gasteiger partial charge < -0.3 is 14.6 Å². The van der Waals surface area contributed by atoms with Crippen molar-refractivity contribution >= 4 is 0 Å². The van der Waals surface area contributed by atoms with Crippen LogP contribution < -0.4 is 4.74 Å². The number of hydrogen-bond donors (Lipinski definition) is 1. The fraction of sp³-hybridized carbons (Fsp3) is 0.750. The quantitative estimate of drug-likeness (QED) is 0.700. The third kappa shape index (κ3) is 6.66. The van der Waals surface area contributed by atoms with Crippen molar-refractivity contribution in [2.24, 2.45) is 0 Å². The Morgan fingerprint density at radius 2 is 1.80 bits per heavy atom. The van der Waals surface area contributed by atoms with Gasteiger partial charge in [0.15, 0.2) is 0 Å². The van der Waals surface area contributed by atoms with Crippen LogP contribution in [0.2, 0.25) is 0 Å². The largest absolute Gasteiger partial charge is 0.491 e. The highest BCUT2D eigenvalue weighted by Crippen LogP contribution is 2.25. The molecule has 1 aromatic rings. The standard InChI is InChI=1S/C24H39N3O3/c28-23(19-26-13-15-29-16-14-26)20-30-24-8-3-5-21(17-24)18-25-9-4-10-27(12-11-25)22-6-1-2-7-22/h3,5,8,17,22-23,28H,1-2,4,6-7,9-16,18-20H2. The lowest BCUT2D eigenvalue weighted by molar-refractivity contribution is 0.00464. The first-order chi connectivity index (χ1) is 14.8. The summed E-state index contributed by atoms with van der Waals surface area (Å²) in [7, 11) is 0. The first kappa shape index (κ1) is 22.0. The van der Waals surface area contributed by atoms with E-state index in [9.17, 15) is 5.11 Å². The van der Waals surface area contributed by atoms with E-state index >= 15 is 0 Å². The Bertz CT molecular complexity index is 632. The van der Waals surface area contributed by atoms with E-state index in [0.29, 0.717) is 13.2 Å². The molecule has 6 heteroatoms. The van der Waals surface area contributed by atoms with Crippen molar-refractivity contribution in [3.05, 3.63) is 29.8 Å². The number of hydrogen-bond acceptors (Lipinski definition) is 6. The minimum absolute atomic E-state index is 0.334. The van der Waals surface area contributed by atoms with Gasteiger partial charge in [-0.1, -0.05) is 25.0 Å². The van der Waals surface area contributed by atoms with Gasteiger partial charge in [-0.15, -0.1) is 0 Å². The molecule has 3 fully saturated rings. The van der Waals surface area contributed by atoms with Gasteiger partial charge in [-0.3, -0.25) is 14.7 Å². The fourth-order valence-corrected chi connectivity index (χ4v) is 5.10. The van der Waals surface area contributed by atoms with Crippen LogP contribution in [-0.2, 0) is 11.3 Å². The second-order valence-electron chi connectivity index (χ2n) is 9.13. The Morgan fingerprint density at radius 1 is 0.967 bits per heavy atom. The Kier molecular flexibility index (Phi) is 8.40. The molecule has 6 nitrogen and oxygen atoms in total. The van der Waals surface area contributed by atoms with E-state index in [2.05, 4.69) is 32.9 Å². The van der Waals surface area contributed by atoms with Gasteiger partial charge in [-0.25, -0.2) is 0 Å². The summed E-state index contributed by atoms with van der Waals surface area (Å²) in [6, 6.07) is 9.24. The normalized spacial score (nSPS) is 24.0. The minimum atomic E-state index is -0.473. The Hall–Kier alpha value is -1.18. The molecule has 2 heterocycles. The lowest BCUT2D eigenvalue weighted by Crippen LogP contribution is -2.42. The molecule has 0 aromatic heterocycles. The van der Waals surface area contributed by atoms with Crippen LogP contribution in [-0.4, -0.2) is 97.6 Å². The first-order valence-corrected chi connectivity index (χ1v) is 11.9. The zero-order valence-electron chi connectivity index (χ0n) is 18.4. The number of aliphatic hydroxyl groups is 1. The van der Waals surface area contributed by atoms with E-state index in [1.54, 1.807) is 0 Å². The van der Waals surface area contributed by atoms with Gasteiger partial charge >= 0.3 is 0 Å². The van der Waals surface area contributed by atoms with Crippen LogP contribution in [0.25, 0.3) is 0 Å². The summed E-state index contributed by atoms with van der Waals surface area (Å²) in [5.41, 5.74) is 1.30. The van der Waals surface area contributed by atoms with Crippen molar-refractivity contribution in [2.75, 3.05) is 65.6 Å². The van der Waals surface area contributed by atoms with Crippen LogP contribution in [0.4, 0.5) is 0 Å². The summed E-state index contributed by atoms with van der Waals surface area (Å²) >= 11 is 0. The summed E-state index contributed by atoms with van der Waals surface area (Å²) in [6.45, 7) is 10.0. The average molecular weight is 418 g/mol. The molecule has 1 aromatic carbocycles. The monoisotopic (exact) mass is 417 g/mol. The zero-order valence-corrected chi connectivity index (χ0v) is 18.4. The van der Waals surface area contributed by atoms with Crippen molar-refractivity contribution in [3.8, 4) is 5.75 Å². The number of aliphatic hydroxyl groups excluding tert-OH is 1. The Balaban J connectivity index is 1.22. The van der Waals surface area contributed by atoms with Gasteiger partial charge in [0, 0.05) is 45.3 Å². The second-order valence-corrected chi connectivity index (χ2v) is 9.13. The molecule has 0 radical (unpaired) electrons. The van der Waals surface area contributed by atoms with Crippen molar-refractivity contribution < 1.29 is 14.6 Å². The van der Waals surface area contributed by atoms with E-state index in [4.69, 9.17) is 9.47 Å². The summed E-state index contributed by atoms with van der Waals surface area (Å²) in [5, 5.41) is 10.3. The van der Waals surface area contributed by atoms with Gasteiger partial charge in [-0.2, -0.15) is 0 Å². The predicted molar refractivity (Wildman–Crippen MR) is 119 cm³/mol.